The summed E-state index contributed by atoms with van der Waals surface area (Å²) < 4.78 is 19.2. The fraction of sp³-hybridized carbons (Fsp3) is 0.471. The van der Waals surface area contributed by atoms with Crippen LogP contribution in [-0.2, 0) is 4.79 Å². The van der Waals surface area contributed by atoms with Gasteiger partial charge in [-0.2, -0.15) is 0 Å². The smallest absolute Gasteiger partial charge is 0.316 e. The van der Waals surface area contributed by atoms with Crippen LogP contribution in [-0.4, -0.2) is 51.3 Å². The Labute approximate surface area is 156 Å². The lowest BCUT2D eigenvalue weighted by molar-refractivity contribution is -0.135. The number of hydrogen-bond acceptors (Lipinski definition) is 6. The Morgan fingerprint density at radius 3 is 2.54 bits per heavy atom. The van der Waals surface area contributed by atoms with Crippen LogP contribution in [0.2, 0.25) is 5.02 Å². The van der Waals surface area contributed by atoms with E-state index in [-0.39, 0.29) is 34.5 Å². The molecule has 0 saturated carbocycles. The van der Waals surface area contributed by atoms with Gasteiger partial charge in [-0.1, -0.05) is 16.7 Å². The Balaban J connectivity index is 0.000000552. The van der Waals surface area contributed by atoms with Crippen LogP contribution >= 0.6 is 11.6 Å². The van der Waals surface area contributed by atoms with Gasteiger partial charge in [0.1, 0.15) is 11.9 Å². The van der Waals surface area contributed by atoms with Gasteiger partial charge in [-0.3, -0.25) is 4.79 Å². The summed E-state index contributed by atoms with van der Waals surface area (Å²) >= 11 is 5.70. The molecule has 1 aromatic carbocycles. The van der Waals surface area contributed by atoms with Gasteiger partial charge in [0.2, 0.25) is 5.91 Å². The van der Waals surface area contributed by atoms with E-state index >= 15 is 0 Å². The van der Waals surface area contributed by atoms with Crippen molar-refractivity contribution in [3.05, 3.63) is 29.0 Å². The van der Waals surface area contributed by atoms with Gasteiger partial charge in [-0.25, -0.2) is 4.39 Å². The van der Waals surface area contributed by atoms with E-state index in [1.165, 1.54) is 18.2 Å². The highest BCUT2D eigenvalue weighted by Crippen LogP contribution is 2.25. The van der Waals surface area contributed by atoms with Gasteiger partial charge in [0.05, 0.1) is 5.56 Å². The Kier molecular flexibility index (Phi) is 6.93. The number of nitrogens with one attached hydrogen (secondary N) is 1. The fourth-order valence-corrected chi connectivity index (χ4v) is 2.27. The molecule has 9 heteroatoms. The van der Waals surface area contributed by atoms with Crippen molar-refractivity contribution in [3.8, 4) is 11.5 Å². The van der Waals surface area contributed by atoms with Crippen molar-refractivity contribution in [2.45, 2.75) is 39.3 Å². The van der Waals surface area contributed by atoms with E-state index in [0.717, 1.165) is 19.5 Å². The normalized spacial score (nSPS) is 14.3. The van der Waals surface area contributed by atoms with Crippen LogP contribution in [0.5, 0.6) is 0 Å². The number of likely N-dealkylation sites (tertiary alicyclic amines) is 1. The highest BCUT2D eigenvalue weighted by Gasteiger charge is 2.26. The molecular formula is C17H22ClFN4O3. The van der Waals surface area contributed by atoms with E-state index in [1.807, 2.05) is 0 Å². The number of aromatic nitrogens is 2. The molecule has 2 heterocycles. The van der Waals surface area contributed by atoms with E-state index in [2.05, 4.69) is 15.5 Å². The standard InChI is InChI=1S/C14H14ClFN4O2.C3H8O/c1-8(13(21)20-5-2-6-20)17-14-19-18-12(22-14)10-4-3-9(15)7-11(10)16;1-3(2)4/h3-4,7-8H,2,5-6H2,1H3,(H,17,19);3-4H,1-2H3/t8-;/m1./s1. The molecule has 0 spiro atoms. The number of anilines is 1. The first-order valence-electron chi connectivity index (χ1n) is 8.30. The monoisotopic (exact) mass is 384 g/mol. The predicted molar refractivity (Wildman–Crippen MR) is 96.3 cm³/mol. The summed E-state index contributed by atoms with van der Waals surface area (Å²) in [4.78, 5) is 13.7. The summed E-state index contributed by atoms with van der Waals surface area (Å²) in [6.45, 7) is 6.71. The van der Waals surface area contributed by atoms with Crippen LogP contribution in [0.15, 0.2) is 22.6 Å². The Morgan fingerprint density at radius 1 is 1.35 bits per heavy atom. The van der Waals surface area contributed by atoms with Gasteiger partial charge in [0.25, 0.3) is 5.89 Å². The minimum absolute atomic E-state index is 0.0244. The quantitative estimate of drug-likeness (QED) is 0.842. The zero-order valence-corrected chi connectivity index (χ0v) is 15.6. The molecule has 1 saturated heterocycles. The van der Waals surface area contributed by atoms with Gasteiger partial charge < -0.3 is 19.7 Å². The molecule has 0 bridgehead atoms. The van der Waals surface area contributed by atoms with Crippen LogP contribution < -0.4 is 5.32 Å². The largest absolute Gasteiger partial charge is 0.403 e. The van der Waals surface area contributed by atoms with Crippen LogP contribution in [0.1, 0.15) is 27.2 Å². The maximum absolute atomic E-state index is 13.8. The average molecular weight is 385 g/mol. The summed E-state index contributed by atoms with van der Waals surface area (Å²) in [6, 6.07) is 3.76. The molecule has 1 aliphatic heterocycles. The van der Waals surface area contributed by atoms with E-state index < -0.39 is 11.9 Å². The second-order valence-electron chi connectivity index (χ2n) is 6.18. The third-order valence-electron chi connectivity index (χ3n) is 3.46. The lowest BCUT2D eigenvalue weighted by Gasteiger charge is -2.33. The third kappa shape index (κ3) is 5.40. The molecular weight excluding hydrogens is 363 g/mol. The molecule has 142 valence electrons. The van der Waals surface area contributed by atoms with Gasteiger partial charge in [0.15, 0.2) is 0 Å². The van der Waals surface area contributed by atoms with E-state index in [1.54, 1.807) is 25.7 Å². The summed E-state index contributed by atoms with van der Waals surface area (Å²) in [7, 11) is 0. The van der Waals surface area contributed by atoms with Crippen molar-refractivity contribution in [1.82, 2.24) is 15.1 Å². The number of rotatable bonds is 4. The molecule has 7 nitrogen and oxygen atoms in total. The molecule has 1 atom stereocenters. The van der Waals surface area contributed by atoms with Crippen LogP contribution in [0.4, 0.5) is 10.4 Å². The number of benzene rings is 1. The van der Waals surface area contributed by atoms with E-state index in [4.69, 9.17) is 21.1 Å². The Morgan fingerprint density at radius 2 is 2.00 bits per heavy atom. The SMILES string of the molecule is CC(C)O.C[C@@H](Nc1nnc(-c2ccc(Cl)cc2F)o1)C(=O)N1CCC1. The number of nitrogens with zero attached hydrogens (tertiary/aromatic N) is 3. The van der Waals surface area contributed by atoms with Gasteiger partial charge in [-0.15, -0.1) is 5.10 Å². The Hall–Kier alpha value is -2.19. The number of carbonyl (C=O) groups is 1. The first kappa shape index (κ1) is 20.1. The number of aliphatic hydroxyl groups excluding tert-OH is 1. The molecule has 0 radical (unpaired) electrons. The summed E-state index contributed by atoms with van der Waals surface area (Å²) in [6.07, 6.45) is 0.860. The number of halogens is 2. The molecule has 1 aliphatic rings. The second-order valence-corrected chi connectivity index (χ2v) is 6.61. The van der Waals surface area contributed by atoms with Crippen molar-refractivity contribution < 1.29 is 18.7 Å². The molecule has 0 unspecified atom stereocenters. The molecule has 1 aromatic heterocycles. The van der Waals surface area contributed by atoms with Crippen LogP contribution in [0, 0.1) is 5.82 Å². The van der Waals surface area contributed by atoms with Gasteiger partial charge >= 0.3 is 6.01 Å². The first-order valence-corrected chi connectivity index (χ1v) is 8.68. The number of hydrogen-bond donors (Lipinski definition) is 2. The van der Waals surface area contributed by atoms with Gasteiger partial charge in [0, 0.05) is 24.2 Å². The lowest BCUT2D eigenvalue weighted by Crippen LogP contribution is -2.48. The molecule has 2 aromatic rings. The highest BCUT2D eigenvalue weighted by atomic mass is 35.5. The summed E-state index contributed by atoms with van der Waals surface area (Å²) in [5.41, 5.74) is 0.159. The zero-order chi connectivity index (χ0) is 19.3. The molecule has 0 aliphatic carbocycles. The number of aliphatic hydroxyl groups is 1. The molecule has 1 amide bonds. The van der Waals surface area contributed by atoms with E-state index in [0.29, 0.717) is 0 Å². The second kappa shape index (κ2) is 8.95. The van der Waals surface area contributed by atoms with Crippen molar-refractivity contribution >= 4 is 23.5 Å². The fourth-order valence-electron chi connectivity index (χ4n) is 2.11. The summed E-state index contributed by atoms with van der Waals surface area (Å²) in [5, 5.41) is 18.7. The van der Waals surface area contributed by atoms with Crippen molar-refractivity contribution in [2.24, 2.45) is 0 Å². The van der Waals surface area contributed by atoms with Crippen molar-refractivity contribution in [2.75, 3.05) is 18.4 Å². The number of amides is 1. The Bertz CT molecular complexity index is 747. The molecule has 3 rings (SSSR count). The first-order chi connectivity index (χ1) is 12.3. The molecule has 2 N–H and O–H groups in total. The number of carbonyl (C=O) groups excluding carboxylic acids is 1. The van der Waals surface area contributed by atoms with Gasteiger partial charge in [-0.05, 0) is 45.4 Å². The van der Waals surface area contributed by atoms with Crippen LogP contribution in [0.25, 0.3) is 11.5 Å². The van der Waals surface area contributed by atoms with E-state index in [9.17, 15) is 9.18 Å². The third-order valence-corrected chi connectivity index (χ3v) is 3.70. The van der Waals surface area contributed by atoms with Crippen molar-refractivity contribution in [3.63, 3.8) is 0 Å². The molecule has 26 heavy (non-hydrogen) atoms. The lowest BCUT2D eigenvalue weighted by atomic mass is 10.2. The van der Waals surface area contributed by atoms with Crippen LogP contribution in [0.3, 0.4) is 0 Å². The average Bonchev–Trinajstić information content (AvgIpc) is 2.93. The maximum Gasteiger partial charge on any atom is 0.316 e. The minimum atomic E-state index is -0.549. The summed E-state index contributed by atoms with van der Waals surface area (Å²) in [5.74, 6) is -0.545. The predicted octanol–water partition coefficient (Wildman–Crippen LogP) is 2.95. The highest BCUT2D eigenvalue weighted by molar-refractivity contribution is 6.30. The van der Waals surface area contributed by atoms with Crippen molar-refractivity contribution in [1.29, 1.82) is 0 Å². The maximum atomic E-state index is 13.8. The molecule has 1 fully saturated rings. The minimum Gasteiger partial charge on any atom is -0.403 e. The topological polar surface area (TPSA) is 91.5 Å². The zero-order valence-electron chi connectivity index (χ0n) is 14.9.